The van der Waals surface area contributed by atoms with Gasteiger partial charge in [0.15, 0.2) is 5.25 Å². The van der Waals surface area contributed by atoms with Crippen LogP contribution in [0.3, 0.4) is 0 Å². The summed E-state index contributed by atoms with van der Waals surface area (Å²) in [7, 11) is 1.41. The second-order valence-electron chi connectivity index (χ2n) is 1.61. The maximum absolute atomic E-state index is 10.7. The Bertz CT molecular complexity index is 170. The summed E-state index contributed by atoms with van der Waals surface area (Å²) >= 11 is 2.05. The molecule has 0 aliphatic carbocycles. The van der Waals surface area contributed by atoms with E-state index in [9.17, 15) is 4.79 Å². The summed E-state index contributed by atoms with van der Waals surface area (Å²) in [4.78, 5) is 15.0. The number of carbonyl (C=O) groups is 1. The van der Waals surface area contributed by atoms with Crippen LogP contribution in [0.15, 0.2) is 5.16 Å². The Morgan fingerprint density at radius 3 is 2.78 bits per heavy atom. The standard InChI is InChI=1S/C4H4INO2S/c1-2-3(9-5)4(7)8-6-2/h3H,1H3. The maximum Gasteiger partial charge on any atom is 0.354 e. The van der Waals surface area contributed by atoms with Crippen molar-refractivity contribution >= 4 is 41.8 Å². The number of oxime groups is 1. The maximum atomic E-state index is 10.7. The number of hydrogen-bond acceptors (Lipinski definition) is 4. The van der Waals surface area contributed by atoms with E-state index in [1.165, 1.54) is 8.93 Å². The van der Waals surface area contributed by atoms with Crippen molar-refractivity contribution in [2.24, 2.45) is 5.16 Å². The smallest absolute Gasteiger partial charge is 0.317 e. The topological polar surface area (TPSA) is 38.7 Å². The highest BCUT2D eigenvalue weighted by atomic mass is 127. The molecule has 1 aliphatic heterocycles. The lowest BCUT2D eigenvalue weighted by Crippen LogP contribution is -2.16. The van der Waals surface area contributed by atoms with Crippen LogP contribution < -0.4 is 0 Å². The number of halogens is 1. The second-order valence-corrected chi connectivity index (χ2v) is 3.79. The minimum Gasteiger partial charge on any atom is -0.317 e. The largest absolute Gasteiger partial charge is 0.354 e. The Labute approximate surface area is 68.8 Å². The molecule has 0 spiro atoms. The number of rotatable bonds is 1. The fraction of sp³-hybridized carbons (Fsp3) is 0.500. The first-order valence-electron chi connectivity index (χ1n) is 2.28. The molecule has 1 heterocycles. The van der Waals surface area contributed by atoms with Crippen LogP contribution in [0.2, 0.25) is 0 Å². The second kappa shape index (κ2) is 2.87. The quantitative estimate of drug-likeness (QED) is 0.526. The van der Waals surface area contributed by atoms with Crippen LogP contribution in [-0.4, -0.2) is 16.9 Å². The predicted molar refractivity (Wildman–Crippen MR) is 44.6 cm³/mol. The highest BCUT2D eigenvalue weighted by Gasteiger charge is 2.29. The fourth-order valence-electron chi connectivity index (χ4n) is 0.484. The Morgan fingerprint density at radius 2 is 2.56 bits per heavy atom. The van der Waals surface area contributed by atoms with Crippen LogP contribution in [0.5, 0.6) is 0 Å². The lowest BCUT2D eigenvalue weighted by Gasteiger charge is -1.95. The van der Waals surface area contributed by atoms with Crippen molar-refractivity contribution in [3.8, 4) is 0 Å². The van der Waals surface area contributed by atoms with Crippen LogP contribution >= 0.6 is 30.1 Å². The van der Waals surface area contributed by atoms with Gasteiger partial charge in [-0.25, -0.2) is 4.79 Å². The molecule has 1 rings (SSSR count). The number of carbonyl (C=O) groups excluding carboxylic acids is 1. The number of hydrogen-bond donors (Lipinski definition) is 0. The van der Waals surface area contributed by atoms with Crippen molar-refractivity contribution in [3.05, 3.63) is 0 Å². The minimum absolute atomic E-state index is 0.175. The van der Waals surface area contributed by atoms with E-state index in [2.05, 4.69) is 31.2 Å². The van der Waals surface area contributed by atoms with Gasteiger partial charge in [0.2, 0.25) is 0 Å². The molecule has 5 heteroatoms. The Morgan fingerprint density at radius 1 is 1.89 bits per heavy atom. The van der Waals surface area contributed by atoms with Gasteiger partial charge in [-0.2, -0.15) is 0 Å². The van der Waals surface area contributed by atoms with Gasteiger partial charge < -0.3 is 4.84 Å². The van der Waals surface area contributed by atoms with Gasteiger partial charge in [-0.05, 0) is 28.1 Å². The zero-order chi connectivity index (χ0) is 6.85. The van der Waals surface area contributed by atoms with E-state index in [1.807, 2.05) is 0 Å². The van der Waals surface area contributed by atoms with Crippen molar-refractivity contribution in [3.63, 3.8) is 0 Å². The van der Waals surface area contributed by atoms with Gasteiger partial charge in [0.25, 0.3) is 0 Å². The van der Waals surface area contributed by atoms with Gasteiger partial charge >= 0.3 is 5.97 Å². The summed E-state index contributed by atoms with van der Waals surface area (Å²) in [6.07, 6.45) is 0. The lowest BCUT2D eigenvalue weighted by molar-refractivity contribution is -0.139. The van der Waals surface area contributed by atoms with Crippen molar-refractivity contribution in [1.29, 1.82) is 0 Å². The third-order valence-corrected chi connectivity index (χ3v) is 3.20. The SMILES string of the molecule is CC1=NOC(=O)C1SI. The highest BCUT2D eigenvalue weighted by molar-refractivity contribution is 14.2. The summed E-state index contributed by atoms with van der Waals surface area (Å²) in [6, 6.07) is 0. The summed E-state index contributed by atoms with van der Waals surface area (Å²) < 4.78 is 0. The average Bonchev–Trinajstić information content (AvgIpc) is 2.12. The van der Waals surface area contributed by atoms with Gasteiger partial charge in [0.1, 0.15) is 0 Å². The zero-order valence-corrected chi connectivity index (χ0v) is 7.60. The van der Waals surface area contributed by atoms with Crippen LogP contribution in [0.1, 0.15) is 6.92 Å². The molecule has 0 saturated heterocycles. The first-order chi connectivity index (χ1) is 4.25. The normalized spacial score (nSPS) is 25.8. The fourth-order valence-corrected chi connectivity index (χ4v) is 2.50. The van der Waals surface area contributed by atoms with Gasteiger partial charge in [-0.3, -0.25) is 0 Å². The molecule has 9 heavy (non-hydrogen) atoms. The molecule has 3 nitrogen and oxygen atoms in total. The molecule has 1 aliphatic rings. The van der Waals surface area contributed by atoms with Crippen LogP contribution in [0, 0.1) is 0 Å². The molecule has 0 N–H and O–H groups in total. The lowest BCUT2D eigenvalue weighted by atomic mass is 10.3. The first-order valence-corrected chi connectivity index (χ1v) is 5.70. The highest BCUT2D eigenvalue weighted by Crippen LogP contribution is 2.25. The van der Waals surface area contributed by atoms with Gasteiger partial charge in [-0.1, -0.05) is 14.1 Å². The van der Waals surface area contributed by atoms with Crippen molar-refractivity contribution < 1.29 is 9.63 Å². The van der Waals surface area contributed by atoms with Gasteiger partial charge in [0, 0.05) is 0 Å². The molecular formula is C4H4INO2S. The summed E-state index contributed by atoms with van der Waals surface area (Å²) in [5, 5.41) is 3.34. The van der Waals surface area contributed by atoms with Crippen LogP contribution in [0.4, 0.5) is 0 Å². The monoisotopic (exact) mass is 257 g/mol. The van der Waals surface area contributed by atoms with Crippen LogP contribution in [-0.2, 0) is 9.63 Å². The Kier molecular flexibility index (Phi) is 2.34. The van der Waals surface area contributed by atoms with E-state index >= 15 is 0 Å². The van der Waals surface area contributed by atoms with Gasteiger partial charge in [0.05, 0.1) is 5.71 Å². The third-order valence-electron chi connectivity index (χ3n) is 0.962. The molecule has 1 unspecified atom stereocenters. The molecule has 50 valence electrons. The van der Waals surface area contributed by atoms with E-state index in [0.717, 1.165) is 5.71 Å². The molecular weight excluding hydrogens is 253 g/mol. The molecule has 0 saturated carbocycles. The average molecular weight is 257 g/mol. The molecule has 0 aromatic heterocycles. The van der Waals surface area contributed by atoms with Crippen molar-refractivity contribution in [2.75, 3.05) is 0 Å². The summed E-state index contributed by atoms with van der Waals surface area (Å²) in [5.41, 5.74) is 0.749. The predicted octanol–water partition coefficient (Wildman–Crippen LogP) is 1.37. The molecule has 0 radical (unpaired) electrons. The van der Waals surface area contributed by atoms with E-state index in [0.29, 0.717) is 0 Å². The Balaban J connectivity index is 2.67. The van der Waals surface area contributed by atoms with E-state index < -0.39 is 0 Å². The molecule has 0 amide bonds. The van der Waals surface area contributed by atoms with E-state index in [1.54, 1.807) is 6.92 Å². The third kappa shape index (κ3) is 1.37. The number of nitrogens with zero attached hydrogens (tertiary/aromatic N) is 1. The Hall–Kier alpha value is 0.220. The molecule has 0 aromatic carbocycles. The van der Waals surface area contributed by atoms with Crippen molar-refractivity contribution in [2.45, 2.75) is 12.2 Å². The van der Waals surface area contributed by atoms with Crippen LogP contribution in [0.25, 0.3) is 0 Å². The molecule has 0 fully saturated rings. The molecule has 1 atom stereocenters. The molecule has 0 bridgehead atoms. The summed E-state index contributed by atoms with van der Waals surface area (Å²) in [5.74, 6) is -0.257. The first kappa shape index (κ1) is 7.33. The molecule has 0 aromatic rings. The zero-order valence-electron chi connectivity index (χ0n) is 4.63. The summed E-state index contributed by atoms with van der Waals surface area (Å²) in [6.45, 7) is 1.78. The van der Waals surface area contributed by atoms with E-state index in [-0.39, 0.29) is 11.2 Å². The van der Waals surface area contributed by atoms with E-state index in [4.69, 9.17) is 0 Å². The van der Waals surface area contributed by atoms with Gasteiger partial charge in [-0.15, -0.1) is 0 Å². The minimum atomic E-state index is -0.257. The van der Waals surface area contributed by atoms with Crippen molar-refractivity contribution in [1.82, 2.24) is 0 Å².